The van der Waals surface area contributed by atoms with E-state index >= 15 is 0 Å². The predicted octanol–water partition coefficient (Wildman–Crippen LogP) is 2.22. The lowest BCUT2D eigenvalue weighted by Crippen LogP contribution is -2.13. The first-order valence-corrected chi connectivity index (χ1v) is 5.70. The third kappa shape index (κ3) is 2.46. The Bertz CT molecular complexity index is 606. The molecule has 0 saturated heterocycles. The van der Waals surface area contributed by atoms with E-state index in [1.165, 1.54) is 0 Å². The fourth-order valence-corrected chi connectivity index (χ4v) is 1.72. The van der Waals surface area contributed by atoms with Gasteiger partial charge in [0.2, 0.25) is 0 Å². The van der Waals surface area contributed by atoms with Gasteiger partial charge in [0.1, 0.15) is 5.69 Å². The lowest BCUT2D eigenvalue weighted by molar-refractivity contribution is 0.102. The first-order chi connectivity index (χ1) is 8.47. The Morgan fingerprint density at radius 3 is 2.83 bits per heavy atom. The number of hydrogen-bond donors (Lipinski definition) is 2. The van der Waals surface area contributed by atoms with E-state index in [2.05, 4.69) is 10.3 Å². The topological polar surface area (TPSA) is 72.9 Å². The Kier molecular flexibility index (Phi) is 3.25. The zero-order chi connectivity index (χ0) is 13.3. The Morgan fingerprint density at radius 2 is 2.22 bits per heavy atom. The molecule has 1 amide bonds. The highest BCUT2D eigenvalue weighted by atomic mass is 35.5. The summed E-state index contributed by atoms with van der Waals surface area (Å²) in [5, 5.41) is 3.17. The fraction of sp³-hybridized carbons (Fsp3) is 0.167. The van der Waals surface area contributed by atoms with Crippen LogP contribution in [0.4, 0.5) is 11.4 Å². The molecule has 0 radical (unpaired) electrons. The normalized spacial score (nSPS) is 10.4. The highest BCUT2D eigenvalue weighted by Gasteiger charge is 2.11. The van der Waals surface area contributed by atoms with E-state index < -0.39 is 0 Å². The van der Waals surface area contributed by atoms with Crippen molar-refractivity contribution in [2.75, 3.05) is 11.1 Å². The maximum atomic E-state index is 11.9. The summed E-state index contributed by atoms with van der Waals surface area (Å²) in [6, 6.07) is 3.35. The van der Waals surface area contributed by atoms with Crippen molar-refractivity contribution in [3.8, 4) is 0 Å². The average molecular weight is 265 g/mol. The summed E-state index contributed by atoms with van der Waals surface area (Å²) in [5.41, 5.74) is 7.99. The van der Waals surface area contributed by atoms with Crippen molar-refractivity contribution in [1.82, 2.24) is 9.55 Å². The van der Waals surface area contributed by atoms with Crippen molar-refractivity contribution >= 4 is 28.9 Å². The number of anilines is 2. The van der Waals surface area contributed by atoms with Gasteiger partial charge in [-0.1, -0.05) is 11.6 Å². The Balaban J connectivity index is 2.24. The minimum absolute atomic E-state index is 0.278. The van der Waals surface area contributed by atoms with Gasteiger partial charge in [-0.05, 0) is 24.6 Å². The minimum atomic E-state index is -0.278. The average Bonchev–Trinajstić information content (AvgIpc) is 2.73. The molecule has 1 heterocycles. The number of aromatic nitrogens is 2. The maximum Gasteiger partial charge on any atom is 0.275 e. The van der Waals surface area contributed by atoms with E-state index in [4.69, 9.17) is 17.3 Å². The van der Waals surface area contributed by atoms with Gasteiger partial charge in [0.15, 0.2) is 0 Å². The Morgan fingerprint density at radius 1 is 1.50 bits per heavy atom. The smallest absolute Gasteiger partial charge is 0.275 e. The molecule has 0 fully saturated rings. The number of halogens is 1. The fourth-order valence-electron chi connectivity index (χ4n) is 1.55. The van der Waals surface area contributed by atoms with Crippen LogP contribution in [0.5, 0.6) is 0 Å². The summed E-state index contributed by atoms with van der Waals surface area (Å²) >= 11 is 5.92. The number of nitrogen functional groups attached to an aromatic ring is 1. The molecular weight excluding hydrogens is 252 g/mol. The van der Waals surface area contributed by atoms with Crippen LogP contribution in [0.3, 0.4) is 0 Å². The molecule has 2 rings (SSSR count). The molecule has 0 atom stereocenters. The van der Waals surface area contributed by atoms with Crippen LogP contribution < -0.4 is 11.1 Å². The van der Waals surface area contributed by atoms with Crippen LogP contribution in [-0.2, 0) is 7.05 Å². The van der Waals surface area contributed by atoms with Crippen molar-refractivity contribution in [3.63, 3.8) is 0 Å². The number of nitrogens with two attached hydrogens (primary N) is 1. The van der Waals surface area contributed by atoms with Gasteiger partial charge in [-0.25, -0.2) is 4.98 Å². The molecule has 18 heavy (non-hydrogen) atoms. The first kappa shape index (κ1) is 12.4. The first-order valence-electron chi connectivity index (χ1n) is 5.32. The second kappa shape index (κ2) is 4.70. The van der Waals surface area contributed by atoms with Crippen molar-refractivity contribution in [1.29, 1.82) is 0 Å². The summed E-state index contributed by atoms with van der Waals surface area (Å²) in [5.74, 6) is -0.278. The van der Waals surface area contributed by atoms with Crippen molar-refractivity contribution in [3.05, 3.63) is 40.9 Å². The van der Waals surface area contributed by atoms with Gasteiger partial charge in [-0.15, -0.1) is 0 Å². The van der Waals surface area contributed by atoms with E-state index in [1.54, 1.807) is 36.3 Å². The molecule has 5 nitrogen and oxygen atoms in total. The third-order valence-electron chi connectivity index (χ3n) is 2.53. The molecule has 0 saturated carbocycles. The Labute approximate surface area is 110 Å². The van der Waals surface area contributed by atoms with Crippen LogP contribution in [-0.4, -0.2) is 15.5 Å². The zero-order valence-electron chi connectivity index (χ0n) is 10.1. The molecular formula is C12H13ClN4O. The molecule has 0 bridgehead atoms. The summed E-state index contributed by atoms with van der Waals surface area (Å²) < 4.78 is 1.71. The van der Waals surface area contributed by atoms with Crippen molar-refractivity contribution < 1.29 is 4.79 Å². The van der Waals surface area contributed by atoms with Crippen molar-refractivity contribution in [2.24, 2.45) is 7.05 Å². The molecule has 0 aliphatic carbocycles. The second-order valence-electron chi connectivity index (χ2n) is 4.07. The third-order valence-corrected chi connectivity index (χ3v) is 2.86. The number of amides is 1. The van der Waals surface area contributed by atoms with Gasteiger partial charge in [0.05, 0.1) is 17.0 Å². The quantitative estimate of drug-likeness (QED) is 0.817. The summed E-state index contributed by atoms with van der Waals surface area (Å²) in [4.78, 5) is 15.9. The number of nitrogens with zero attached hydrogens (tertiary/aromatic N) is 2. The van der Waals surface area contributed by atoms with Crippen molar-refractivity contribution in [2.45, 2.75) is 6.92 Å². The number of hydrogen-bond acceptors (Lipinski definition) is 3. The zero-order valence-corrected chi connectivity index (χ0v) is 10.8. The van der Waals surface area contributed by atoms with Gasteiger partial charge >= 0.3 is 0 Å². The number of carbonyl (C=O) groups is 1. The van der Waals surface area contributed by atoms with Gasteiger partial charge in [0, 0.05) is 18.9 Å². The molecule has 0 aliphatic heterocycles. The lowest BCUT2D eigenvalue weighted by Gasteiger charge is -2.09. The van der Waals surface area contributed by atoms with Crippen LogP contribution >= 0.6 is 11.6 Å². The van der Waals surface area contributed by atoms with Crippen LogP contribution in [0.2, 0.25) is 5.02 Å². The summed E-state index contributed by atoms with van der Waals surface area (Å²) in [7, 11) is 1.80. The molecule has 0 spiro atoms. The van der Waals surface area contributed by atoms with Crippen LogP contribution in [0.1, 0.15) is 16.1 Å². The van der Waals surface area contributed by atoms with Gasteiger partial charge < -0.3 is 15.6 Å². The van der Waals surface area contributed by atoms with Crippen LogP contribution in [0, 0.1) is 6.92 Å². The highest BCUT2D eigenvalue weighted by Crippen LogP contribution is 2.26. The minimum Gasteiger partial charge on any atom is -0.398 e. The number of imidazole rings is 1. The summed E-state index contributed by atoms with van der Waals surface area (Å²) in [6.07, 6.45) is 3.21. The van der Waals surface area contributed by atoms with E-state index in [9.17, 15) is 4.79 Å². The SMILES string of the molecule is Cc1cc(N)c(Cl)cc1NC(=O)c1cn(C)cn1. The van der Waals surface area contributed by atoms with Gasteiger partial charge in [-0.2, -0.15) is 0 Å². The molecule has 3 N–H and O–H groups in total. The van der Waals surface area contributed by atoms with Gasteiger partial charge in [0.25, 0.3) is 5.91 Å². The molecule has 1 aromatic heterocycles. The summed E-state index contributed by atoms with van der Waals surface area (Å²) in [6.45, 7) is 1.85. The van der Waals surface area contributed by atoms with E-state index in [0.717, 1.165) is 5.56 Å². The van der Waals surface area contributed by atoms with Crippen LogP contribution in [0.25, 0.3) is 0 Å². The molecule has 0 unspecified atom stereocenters. The molecule has 2 aromatic rings. The number of rotatable bonds is 2. The van der Waals surface area contributed by atoms with E-state index in [1.807, 2.05) is 6.92 Å². The number of aryl methyl sites for hydroxylation is 2. The molecule has 0 aliphatic rings. The highest BCUT2D eigenvalue weighted by molar-refractivity contribution is 6.33. The molecule has 1 aromatic carbocycles. The van der Waals surface area contributed by atoms with E-state index in [0.29, 0.717) is 22.1 Å². The number of nitrogens with one attached hydrogen (secondary N) is 1. The second-order valence-corrected chi connectivity index (χ2v) is 4.47. The monoisotopic (exact) mass is 264 g/mol. The number of carbonyl (C=O) groups excluding carboxylic acids is 1. The molecule has 6 heteroatoms. The number of benzene rings is 1. The maximum absolute atomic E-state index is 11.9. The molecule has 94 valence electrons. The largest absolute Gasteiger partial charge is 0.398 e. The predicted molar refractivity (Wildman–Crippen MR) is 71.8 cm³/mol. The Hall–Kier alpha value is -2.01. The van der Waals surface area contributed by atoms with E-state index in [-0.39, 0.29) is 5.91 Å². The lowest BCUT2D eigenvalue weighted by atomic mass is 10.1. The standard InChI is InChI=1S/C12H13ClN4O/c1-7-3-9(14)8(13)4-10(7)16-12(18)11-5-17(2)6-15-11/h3-6H,14H2,1-2H3,(H,16,18). The van der Waals surface area contributed by atoms with Gasteiger partial charge in [-0.3, -0.25) is 4.79 Å². The van der Waals surface area contributed by atoms with Crippen LogP contribution in [0.15, 0.2) is 24.7 Å².